The van der Waals surface area contributed by atoms with Crippen molar-refractivity contribution in [1.29, 1.82) is 0 Å². The number of nitrogens with zero attached hydrogens (tertiary/aromatic N) is 3. The SMILES string of the molecule is Cc1cc(C)c(NC(=O)C(C)Sc2nnc(COc3ccccc3C)n2-c2ccccc2)c(C)c1. The Morgan fingerprint density at radius 1 is 0.943 bits per heavy atom. The van der Waals surface area contributed by atoms with Gasteiger partial charge in [0.25, 0.3) is 0 Å². The minimum absolute atomic E-state index is 0.0784. The molecular formula is C28H30N4O2S. The van der Waals surface area contributed by atoms with Gasteiger partial charge in [-0.05, 0) is 69.5 Å². The molecule has 0 fully saturated rings. The fourth-order valence-corrected chi connectivity index (χ4v) is 4.87. The van der Waals surface area contributed by atoms with Gasteiger partial charge in [0.1, 0.15) is 12.4 Å². The number of aromatic nitrogens is 3. The van der Waals surface area contributed by atoms with Crippen LogP contribution in [0, 0.1) is 27.7 Å². The van der Waals surface area contributed by atoms with E-state index in [4.69, 9.17) is 4.74 Å². The molecule has 1 amide bonds. The Morgan fingerprint density at radius 2 is 1.60 bits per heavy atom. The maximum absolute atomic E-state index is 13.1. The van der Waals surface area contributed by atoms with E-state index in [9.17, 15) is 4.79 Å². The van der Waals surface area contributed by atoms with Gasteiger partial charge in [0, 0.05) is 11.4 Å². The molecule has 1 N–H and O–H groups in total. The normalized spacial score (nSPS) is 11.8. The van der Waals surface area contributed by atoms with Crippen molar-refractivity contribution in [2.75, 3.05) is 5.32 Å². The van der Waals surface area contributed by atoms with Crippen LogP contribution in [0.4, 0.5) is 5.69 Å². The summed E-state index contributed by atoms with van der Waals surface area (Å²) in [6.45, 7) is 10.2. The van der Waals surface area contributed by atoms with Crippen molar-refractivity contribution >= 4 is 23.4 Å². The molecule has 6 nitrogen and oxygen atoms in total. The van der Waals surface area contributed by atoms with Crippen LogP contribution < -0.4 is 10.1 Å². The number of anilines is 1. The summed E-state index contributed by atoms with van der Waals surface area (Å²) in [5.74, 6) is 1.39. The van der Waals surface area contributed by atoms with E-state index in [2.05, 4.69) is 34.6 Å². The Labute approximate surface area is 210 Å². The fourth-order valence-electron chi connectivity index (χ4n) is 3.98. The highest BCUT2D eigenvalue weighted by Crippen LogP contribution is 2.29. The molecule has 180 valence electrons. The molecule has 0 aliphatic carbocycles. The average molecular weight is 487 g/mol. The van der Waals surface area contributed by atoms with Crippen LogP contribution in [0.1, 0.15) is 35.0 Å². The van der Waals surface area contributed by atoms with Crippen LogP contribution in [0.25, 0.3) is 5.69 Å². The zero-order valence-corrected chi connectivity index (χ0v) is 21.5. The number of rotatable bonds is 8. The molecule has 1 unspecified atom stereocenters. The topological polar surface area (TPSA) is 69.0 Å². The second kappa shape index (κ2) is 10.8. The van der Waals surface area contributed by atoms with Crippen LogP contribution in [0.3, 0.4) is 0 Å². The summed E-state index contributed by atoms with van der Waals surface area (Å²) in [5.41, 5.74) is 6.12. The Bertz CT molecular complexity index is 1310. The Kier molecular flexibility index (Phi) is 7.56. The molecule has 7 heteroatoms. The number of ether oxygens (including phenoxy) is 1. The second-order valence-corrected chi connectivity index (χ2v) is 9.95. The van der Waals surface area contributed by atoms with E-state index < -0.39 is 0 Å². The monoisotopic (exact) mass is 486 g/mol. The van der Waals surface area contributed by atoms with Crippen LogP contribution >= 0.6 is 11.8 Å². The first-order valence-corrected chi connectivity index (χ1v) is 12.4. The molecule has 0 bridgehead atoms. The zero-order chi connectivity index (χ0) is 24.9. The smallest absolute Gasteiger partial charge is 0.237 e. The summed E-state index contributed by atoms with van der Waals surface area (Å²) in [6, 6.07) is 21.9. The first-order chi connectivity index (χ1) is 16.8. The molecule has 0 spiro atoms. The number of nitrogens with one attached hydrogen (secondary N) is 1. The maximum Gasteiger partial charge on any atom is 0.237 e. The van der Waals surface area contributed by atoms with Gasteiger partial charge in [0.15, 0.2) is 11.0 Å². The number of aryl methyl sites for hydroxylation is 4. The highest BCUT2D eigenvalue weighted by Gasteiger charge is 2.22. The van der Waals surface area contributed by atoms with E-state index >= 15 is 0 Å². The number of carbonyl (C=O) groups is 1. The van der Waals surface area contributed by atoms with Gasteiger partial charge in [0.2, 0.25) is 5.91 Å². The lowest BCUT2D eigenvalue weighted by Crippen LogP contribution is -2.24. The minimum Gasteiger partial charge on any atom is -0.485 e. The van der Waals surface area contributed by atoms with E-state index in [1.165, 1.54) is 17.3 Å². The Morgan fingerprint density at radius 3 is 2.29 bits per heavy atom. The summed E-state index contributed by atoms with van der Waals surface area (Å²) < 4.78 is 8.01. The molecule has 4 aromatic rings. The maximum atomic E-state index is 13.1. The average Bonchev–Trinajstić information content (AvgIpc) is 3.23. The number of benzene rings is 3. The van der Waals surface area contributed by atoms with Gasteiger partial charge < -0.3 is 10.1 Å². The van der Waals surface area contributed by atoms with Gasteiger partial charge in [-0.2, -0.15) is 0 Å². The summed E-state index contributed by atoms with van der Waals surface area (Å²) >= 11 is 1.37. The summed E-state index contributed by atoms with van der Waals surface area (Å²) in [6.07, 6.45) is 0. The van der Waals surface area contributed by atoms with E-state index in [1.807, 2.05) is 86.9 Å². The third-order valence-corrected chi connectivity index (χ3v) is 6.78. The highest BCUT2D eigenvalue weighted by atomic mass is 32.2. The fraction of sp³-hybridized carbons (Fsp3) is 0.250. The first-order valence-electron chi connectivity index (χ1n) is 11.6. The molecule has 1 atom stereocenters. The molecule has 4 rings (SSSR count). The summed E-state index contributed by atoms with van der Waals surface area (Å²) in [5, 5.41) is 12.2. The molecule has 1 aromatic heterocycles. The molecular weight excluding hydrogens is 456 g/mol. The van der Waals surface area contributed by atoms with Crippen LogP contribution in [0.2, 0.25) is 0 Å². The number of hydrogen-bond acceptors (Lipinski definition) is 5. The lowest BCUT2D eigenvalue weighted by molar-refractivity contribution is -0.115. The highest BCUT2D eigenvalue weighted by molar-refractivity contribution is 8.00. The molecule has 3 aromatic carbocycles. The van der Waals surface area contributed by atoms with Crippen molar-refractivity contribution in [2.45, 2.75) is 51.6 Å². The molecule has 0 aliphatic rings. The summed E-state index contributed by atoms with van der Waals surface area (Å²) in [4.78, 5) is 13.1. The molecule has 0 radical (unpaired) electrons. The van der Waals surface area contributed by atoms with Crippen molar-refractivity contribution in [3.63, 3.8) is 0 Å². The van der Waals surface area contributed by atoms with Gasteiger partial charge in [-0.15, -0.1) is 10.2 Å². The van der Waals surface area contributed by atoms with Gasteiger partial charge >= 0.3 is 0 Å². The van der Waals surface area contributed by atoms with Crippen molar-refractivity contribution in [2.24, 2.45) is 0 Å². The Hall–Kier alpha value is -3.58. The zero-order valence-electron chi connectivity index (χ0n) is 20.7. The van der Waals surface area contributed by atoms with Crippen LogP contribution in [0.5, 0.6) is 5.75 Å². The number of amides is 1. The largest absolute Gasteiger partial charge is 0.485 e. The van der Waals surface area contributed by atoms with E-state index in [0.29, 0.717) is 11.0 Å². The predicted octanol–water partition coefficient (Wildman–Crippen LogP) is 6.20. The number of thioether (sulfide) groups is 1. The van der Waals surface area contributed by atoms with Crippen LogP contribution in [-0.2, 0) is 11.4 Å². The Balaban J connectivity index is 1.56. The van der Waals surface area contributed by atoms with Crippen molar-refractivity contribution < 1.29 is 9.53 Å². The standard InChI is InChI=1S/C28H30N4O2S/c1-18-15-20(3)26(21(4)16-18)29-27(33)22(5)35-28-31-30-25(32(28)23-12-7-6-8-13-23)17-34-24-14-10-9-11-19(24)2/h6-16,22H,17H2,1-5H3,(H,29,33). The van der Waals surface area contributed by atoms with E-state index in [1.54, 1.807) is 0 Å². The second-order valence-electron chi connectivity index (χ2n) is 8.65. The molecule has 0 aliphatic heterocycles. The van der Waals surface area contributed by atoms with Crippen molar-refractivity contribution in [3.05, 3.63) is 94.8 Å². The first kappa shape index (κ1) is 24.5. The van der Waals surface area contributed by atoms with Crippen LogP contribution in [0.15, 0.2) is 71.9 Å². The van der Waals surface area contributed by atoms with Crippen molar-refractivity contribution in [1.82, 2.24) is 14.8 Å². The van der Waals surface area contributed by atoms with Gasteiger partial charge in [-0.25, -0.2) is 0 Å². The molecule has 1 heterocycles. The third kappa shape index (κ3) is 5.74. The number of para-hydroxylation sites is 2. The number of hydrogen-bond donors (Lipinski definition) is 1. The molecule has 35 heavy (non-hydrogen) atoms. The van der Waals surface area contributed by atoms with Crippen molar-refractivity contribution in [3.8, 4) is 11.4 Å². The third-order valence-electron chi connectivity index (χ3n) is 5.74. The molecule has 0 saturated carbocycles. The quantitative estimate of drug-likeness (QED) is 0.300. The van der Waals surface area contributed by atoms with Gasteiger partial charge in [-0.3, -0.25) is 9.36 Å². The lowest BCUT2D eigenvalue weighted by Gasteiger charge is -2.17. The minimum atomic E-state index is -0.382. The number of carbonyl (C=O) groups excluding carboxylic acids is 1. The van der Waals surface area contributed by atoms with Gasteiger partial charge in [-0.1, -0.05) is 65.9 Å². The molecule has 0 saturated heterocycles. The van der Waals surface area contributed by atoms with Gasteiger partial charge in [0.05, 0.1) is 5.25 Å². The van der Waals surface area contributed by atoms with Crippen LogP contribution in [-0.4, -0.2) is 25.9 Å². The predicted molar refractivity (Wildman–Crippen MR) is 141 cm³/mol. The van der Waals surface area contributed by atoms with E-state index in [-0.39, 0.29) is 17.8 Å². The van der Waals surface area contributed by atoms with E-state index in [0.717, 1.165) is 33.8 Å². The lowest BCUT2D eigenvalue weighted by atomic mass is 10.1. The summed E-state index contributed by atoms with van der Waals surface area (Å²) in [7, 11) is 0.